The average Bonchev–Trinajstić information content (AvgIpc) is 3.26. The molecule has 180 valence electrons. The molecule has 0 aliphatic heterocycles. The number of aryl methyl sites for hydroxylation is 3. The Hall–Kier alpha value is -4.14. The number of rotatable bonds is 6. The van der Waals surface area contributed by atoms with Crippen LogP contribution in [0.1, 0.15) is 38.3 Å². The second-order valence-electron chi connectivity index (χ2n) is 8.17. The van der Waals surface area contributed by atoms with Crippen LogP contribution in [0.15, 0.2) is 60.8 Å². The summed E-state index contributed by atoms with van der Waals surface area (Å²) in [4.78, 5) is 15.7. The summed E-state index contributed by atoms with van der Waals surface area (Å²) in [6, 6.07) is 16.0. The number of aromatic nitrogens is 3. The van der Waals surface area contributed by atoms with Gasteiger partial charge in [0.25, 0.3) is 0 Å². The van der Waals surface area contributed by atoms with Crippen molar-refractivity contribution in [3.8, 4) is 22.8 Å². The van der Waals surface area contributed by atoms with Crippen molar-refractivity contribution >= 4 is 5.97 Å². The number of nitrogens with zero attached hydrogens (tertiary/aromatic N) is 3. The Balaban J connectivity index is 1.75. The monoisotopic (exact) mass is 481 g/mol. The number of carboxylic acids is 1. The van der Waals surface area contributed by atoms with Crippen LogP contribution in [0.4, 0.5) is 13.2 Å². The SMILES string of the molecule is Cc1ccc(COc2c(C)cccc2-c2cccc(-n3ncc(C(=O)O)c3C(F)(F)F)n2)c(C)c1. The van der Waals surface area contributed by atoms with Crippen molar-refractivity contribution < 1.29 is 27.8 Å². The van der Waals surface area contributed by atoms with Crippen LogP contribution in [0.25, 0.3) is 17.1 Å². The number of alkyl halides is 3. The summed E-state index contributed by atoms with van der Waals surface area (Å²) < 4.78 is 47.7. The molecule has 0 bridgehead atoms. The molecule has 0 fully saturated rings. The molecule has 6 nitrogen and oxygen atoms in total. The summed E-state index contributed by atoms with van der Waals surface area (Å²) in [6.45, 7) is 6.20. The van der Waals surface area contributed by atoms with Gasteiger partial charge >= 0.3 is 12.1 Å². The van der Waals surface area contributed by atoms with Crippen LogP contribution < -0.4 is 4.74 Å². The van der Waals surface area contributed by atoms with Gasteiger partial charge in [-0.25, -0.2) is 14.5 Å². The third kappa shape index (κ3) is 4.89. The molecule has 2 heterocycles. The average molecular weight is 481 g/mol. The molecule has 0 saturated carbocycles. The van der Waals surface area contributed by atoms with Crippen LogP contribution in [0.5, 0.6) is 5.75 Å². The molecule has 0 aliphatic rings. The maximum atomic E-state index is 13.7. The van der Waals surface area contributed by atoms with Gasteiger partial charge in [0.2, 0.25) is 0 Å². The number of halogens is 3. The van der Waals surface area contributed by atoms with Gasteiger partial charge in [0.05, 0.1) is 11.9 Å². The second kappa shape index (κ2) is 9.25. The van der Waals surface area contributed by atoms with Crippen molar-refractivity contribution in [3.63, 3.8) is 0 Å². The lowest BCUT2D eigenvalue weighted by atomic mass is 10.0. The number of ether oxygens (including phenoxy) is 1. The van der Waals surface area contributed by atoms with Crippen LogP contribution >= 0.6 is 0 Å². The Bertz CT molecular complexity index is 1410. The summed E-state index contributed by atoms with van der Waals surface area (Å²) in [7, 11) is 0. The van der Waals surface area contributed by atoms with Crippen molar-refractivity contribution in [1.82, 2.24) is 14.8 Å². The fourth-order valence-corrected chi connectivity index (χ4v) is 3.85. The largest absolute Gasteiger partial charge is 0.488 e. The highest BCUT2D eigenvalue weighted by Gasteiger charge is 2.41. The Morgan fingerprint density at radius 3 is 2.46 bits per heavy atom. The lowest BCUT2D eigenvalue weighted by molar-refractivity contribution is -0.143. The van der Waals surface area contributed by atoms with E-state index in [1.807, 2.05) is 39.0 Å². The highest BCUT2D eigenvalue weighted by atomic mass is 19.4. The normalized spacial score (nSPS) is 11.5. The maximum Gasteiger partial charge on any atom is 0.434 e. The van der Waals surface area contributed by atoms with E-state index >= 15 is 0 Å². The minimum absolute atomic E-state index is 0.163. The third-order valence-corrected chi connectivity index (χ3v) is 5.58. The molecule has 2 aromatic carbocycles. The smallest absolute Gasteiger partial charge is 0.434 e. The van der Waals surface area contributed by atoms with E-state index < -0.39 is 23.4 Å². The molecular weight excluding hydrogens is 459 g/mol. The standard InChI is InChI=1S/C26H22F3N3O3/c1-15-10-11-18(17(3)12-15)14-35-23-16(2)6-4-7-19(23)21-8-5-9-22(31-21)32-24(26(27,28)29)20(13-30-32)25(33)34/h4-13H,14H2,1-3H3,(H,33,34). The Morgan fingerprint density at radius 2 is 1.77 bits per heavy atom. The number of benzene rings is 2. The molecule has 0 amide bonds. The van der Waals surface area contributed by atoms with Gasteiger partial charge in [0.1, 0.15) is 17.9 Å². The summed E-state index contributed by atoms with van der Waals surface area (Å²) in [6.07, 6.45) is -4.27. The van der Waals surface area contributed by atoms with E-state index in [4.69, 9.17) is 4.74 Å². The first kappa shape index (κ1) is 24.0. The summed E-state index contributed by atoms with van der Waals surface area (Å²) in [5.74, 6) is -1.33. The van der Waals surface area contributed by atoms with Gasteiger partial charge in [-0.2, -0.15) is 18.3 Å². The molecular formula is C26H22F3N3O3. The molecule has 4 aromatic rings. The first-order valence-corrected chi connectivity index (χ1v) is 10.7. The zero-order valence-corrected chi connectivity index (χ0v) is 19.2. The summed E-state index contributed by atoms with van der Waals surface area (Å²) in [5, 5.41) is 12.8. The maximum absolute atomic E-state index is 13.7. The number of carboxylic acid groups (broad SMARTS) is 1. The molecule has 0 radical (unpaired) electrons. The van der Waals surface area contributed by atoms with Crippen LogP contribution in [0, 0.1) is 20.8 Å². The summed E-state index contributed by atoms with van der Waals surface area (Å²) >= 11 is 0. The Labute approximate surface area is 199 Å². The van der Waals surface area contributed by atoms with Gasteiger partial charge in [0, 0.05) is 5.56 Å². The highest BCUT2D eigenvalue weighted by Crippen LogP contribution is 2.36. The van der Waals surface area contributed by atoms with E-state index in [1.165, 1.54) is 12.1 Å². The minimum Gasteiger partial charge on any atom is -0.488 e. The zero-order valence-electron chi connectivity index (χ0n) is 19.2. The van der Waals surface area contributed by atoms with Crippen molar-refractivity contribution in [2.75, 3.05) is 0 Å². The third-order valence-electron chi connectivity index (χ3n) is 5.58. The quantitative estimate of drug-likeness (QED) is 0.357. The van der Waals surface area contributed by atoms with E-state index in [0.717, 1.165) is 22.3 Å². The number of pyridine rings is 1. The van der Waals surface area contributed by atoms with Crippen LogP contribution in [0.3, 0.4) is 0 Å². The van der Waals surface area contributed by atoms with Crippen molar-refractivity contribution in [2.24, 2.45) is 0 Å². The molecule has 0 saturated heterocycles. The van der Waals surface area contributed by atoms with E-state index in [-0.39, 0.29) is 5.82 Å². The first-order chi connectivity index (χ1) is 16.6. The lowest BCUT2D eigenvalue weighted by Crippen LogP contribution is -2.18. The van der Waals surface area contributed by atoms with E-state index in [9.17, 15) is 23.1 Å². The fourth-order valence-electron chi connectivity index (χ4n) is 3.85. The molecule has 1 N–H and O–H groups in total. The number of carbonyl (C=O) groups is 1. The molecule has 4 rings (SSSR count). The topological polar surface area (TPSA) is 77.2 Å². The number of para-hydroxylation sites is 1. The van der Waals surface area contributed by atoms with Crippen molar-refractivity contribution in [1.29, 1.82) is 0 Å². The fraction of sp³-hybridized carbons (Fsp3) is 0.192. The van der Waals surface area contributed by atoms with Gasteiger partial charge < -0.3 is 9.84 Å². The second-order valence-corrected chi connectivity index (χ2v) is 8.17. The number of aromatic carboxylic acids is 1. The number of hydrogen-bond acceptors (Lipinski definition) is 4. The van der Waals surface area contributed by atoms with Crippen LogP contribution in [-0.2, 0) is 12.8 Å². The Morgan fingerprint density at radius 1 is 1.03 bits per heavy atom. The minimum atomic E-state index is -4.94. The molecule has 0 atom stereocenters. The molecule has 0 spiro atoms. The first-order valence-electron chi connectivity index (χ1n) is 10.7. The predicted octanol–water partition coefficient (Wildman–Crippen LogP) is 6.16. The highest BCUT2D eigenvalue weighted by molar-refractivity contribution is 5.89. The van der Waals surface area contributed by atoms with Crippen molar-refractivity contribution in [2.45, 2.75) is 33.6 Å². The van der Waals surface area contributed by atoms with Gasteiger partial charge in [-0.1, -0.05) is 42.0 Å². The lowest BCUT2D eigenvalue weighted by Gasteiger charge is -2.16. The zero-order chi connectivity index (χ0) is 25.3. The van der Waals surface area contributed by atoms with Gasteiger partial charge in [-0.3, -0.25) is 0 Å². The van der Waals surface area contributed by atoms with Crippen molar-refractivity contribution in [3.05, 3.63) is 94.3 Å². The predicted molar refractivity (Wildman–Crippen MR) is 124 cm³/mol. The molecule has 2 aromatic heterocycles. The Kier molecular flexibility index (Phi) is 6.34. The van der Waals surface area contributed by atoms with E-state index in [2.05, 4.69) is 16.1 Å². The van der Waals surface area contributed by atoms with Gasteiger partial charge in [0.15, 0.2) is 11.5 Å². The van der Waals surface area contributed by atoms with Gasteiger partial charge in [-0.05, 0) is 55.7 Å². The van der Waals surface area contributed by atoms with Crippen LogP contribution in [-0.4, -0.2) is 25.8 Å². The van der Waals surface area contributed by atoms with E-state index in [1.54, 1.807) is 18.2 Å². The van der Waals surface area contributed by atoms with Crippen LogP contribution in [0.2, 0.25) is 0 Å². The van der Waals surface area contributed by atoms with Gasteiger partial charge in [-0.15, -0.1) is 0 Å². The molecule has 0 aliphatic carbocycles. The molecule has 0 unspecified atom stereocenters. The molecule has 35 heavy (non-hydrogen) atoms. The summed E-state index contributed by atoms with van der Waals surface area (Å²) in [5.41, 5.74) is 2.70. The molecule has 9 heteroatoms. The number of hydrogen-bond donors (Lipinski definition) is 1. The van der Waals surface area contributed by atoms with E-state index in [0.29, 0.717) is 34.5 Å².